The van der Waals surface area contributed by atoms with Gasteiger partial charge in [-0.3, -0.25) is 4.79 Å². The Morgan fingerprint density at radius 3 is 2.44 bits per heavy atom. The Labute approximate surface area is 160 Å². The fourth-order valence-electron chi connectivity index (χ4n) is 2.83. The Morgan fingerprint density at radius 1 is 0.852 bits per heavy atom. The van der Waals surface area contributed by atoms with E-state index in [4.69, 9.17) is 10.5 Å². The molecule has 0 saturated carbocycles. The van der Waals surface area contributed by atoms with Crippen LogP contribution in [0.3, 0.4) is 0 Å². The third-order valence-electron chi connectivity index (χ3n) is 4.21. The van der Waals surface area contributed by atoms with Crippen LogP contribution in [0.4, 0.5) is 11.4 Å². The van der Waals surface area contributed by atoms with E-state index in [-0.39, 0.29) is 5.91 Å². The lowest BCUT2D eigenvalue weighted by atomic mass is 10.1. The predicted octanol–water partition coefficient (Wildman–Crippen LogP) is 4.46. The van der Waals surface area contributed by atoms with Gasteiger partial charge in [-0.2, -0.15) is 0 Å². The number of rotatable bonds is 8. The van der Waals surface area contributed by atoms with Crippen molar-refractivity contribution in [2.24, 2.45) is 0 Å². The maximum Gasteiger partial charge on any atom is 0.224 e. The zero-order valence-corrected chi connectivity index (χ0v) is 15.2. The molecule has 0 aliphatic heterocycles. The standard InChI is InChI=1S/C23H24N2O2/c24-20-9-4-8-19(16-20)12-13-23(26)25-21-10-5-11-22(17-21)27-15-14-18-6-2-1-3-7-18/h1-11,16-17H,12-15,24H2,(H,25,26). The van der Waals surface area contributed by atoms with E-state index in [0.29, 0.717) is 25.1 Å². The normalized spacial score (nSPS) is 10.4. The minimum absolute atomic E-state index is 0.0288. The first-order valence-corrected chi connectivity index (χ1v) is 9.10. The molecule has 0 aliphatic rings. The van der Waals surface area contributed by atoms with E-state index in [9.17, 15) is 4.79 Å². The summed E-state index contributed by atoms with van der Waals surface area (Å²) in [6.07, 6.45) is 1.91. The summed E-state index contributed by atoms with van der Waals surface area (Å²) in [5.74, 6) is 0.721. The van der Waals surface area contributed by atoms with Gasteiger partial charge in [0.05, 0.1) is 6.61 Å². The Kier molecular flexibility index (Phi) is 6.47. The molecular weight excluding hydrogens is 336 g/mol. The number of carbonyl (C=O) groups excluding carboxylic acids is 1. The first-order chi connectivity index (χ1) is 13.2. The molecule has 3 rings (SSSR count). The van der Waals surface area contributed by atoms with E-state index < -0.39 is 0 Å². The number of nitrogen functional groups attached to an aromatic ring is 1. The van der Waals surface area contributed by atoms with Gasteiger partial charge in [0.15, 0.2) is 0 Å². The molecule has 0 aromatic heterocycles. The largest absolute Gasteiger partial charge is 0.493 e. The van der Waals surface area contributed by atoms with Crippen molar-refractivity contribution in [3.8, 4) is 5.75 Å². The molecule has 3 N–H and O–H groups in total. The Bertz CT molecular complexity index is 878. The van der Waals surface area contributed by atoms with Crippen LogP contribution in [0.2, 0.25) is 0 Å². The second kappa shape index (κ2) is 9.43. The fraction of sp³-hybridized carbons (Fsp3) is 0.174. The average Bonchev–Trinajstić information content (AvgIpc) is 2.68. The van der Waals surface area contributed by atoms with Crippen molar-refractivity contribution in [2.75, 3.05) is 17.7 Å². The highest BCUT2D eigenvalue weighted by Gasteiger charge is 2.05. The molecular formula is C23H24N2O2. The quantitative estimate of drug-likeness (QED) is 0.583. The van der Waals surface area contributed by atoms with Crippen LogP contribution >= 0.6 is 0 Å². The van der Waals surface area contributed by atoms with E-state index in [0.717, 1.165) is 23.4 Å². The van der Waals surface area contributed by atoms with Crippen molar-refractivity contribution in [1.82, 2.24) is 0 Å². The number of ether oxygens (including phenoxy) is 1. The monoisotopic (exact) mass is 360 g/mol. The molecule has 3 aromatic rings. The molecule has 0 radical (unpaired) electrons. The Hall–Kier alpha value is -3.27. The molecule has 4 heteroatoms. The number of carbonyl (C=O) groups is 1. The van der Waals surface area contributed by atoms with Crippen LogP contribution in [-0.2, 0) is 17.6 Å². The lowest BCUT2D eigenvalue weighted by Crippen LogP contribution is -2.12. The number of aryl methyl sites for hydroxylation is 1. The molecule has 0 heterocycles. The zero-order chi connectivity index (χ0) is 18.9. The van der Waals surface area contributed by atoms with Crippen molar-refractivity contribution < 1.29 is 9.53 Å². The highest BCUT2D eigenvalue weighted by atomic mass is 16.5. The van der Waals surface area contributed by atoms with Crippen LogP contribution in [0.15, 0.2) is 78.9 Å². The van der Waals surface area contributed by atoms with Gasteiger partial charge < -0.3 is 15.8 Å². The SMILES string of the molecule is Nc1cccc(CCC(=O)Nc2cccc(OCCc3ccccc3)c2)c1. The second-order valence-corrected chi connectivity index (χ2v) is 6.41. The number of hydrogen-bond donors (Lipinski definition) is 2. The number of benzene rings is 3. The summed E-state index contributed by atoms with van der Waals surface area (Å²) in [4.78, 5) is 12.2. The molecule has 0 bridgehead atoms. The predicted molar refractivity (Wildman–Crippen MR) is 110 cm³/mol. The molecule has 4 nitrogen and oxygen atoms in total. The Morgan fingerprint density at radius 2 is 1.63 bits per heavy atom. The van der Waals surface area contributed by atoms with Gasteiger partial charge in [0.25, 0.3) is 0 Å². The van der Waals surface area contributed by atoms with Gasteiger partial charge in [-0.15, -0.1) is 0 Å². The molecule has 3 aromatic carbocycles. The van der Waals surface area contributed by atoms with E-state index >= 15 is 0 Å². The number of anilines is 2. The van der Waals surface area contributed by atoms with Crippen LogP contribution < -0.4 is 15.8 Å². The first-order valence-electron chi connectivity index (χ1n) is 9.10. The molecule has 0 spiro atoms. The topological polar surface area (TPSA) is 64.4 Å². The summed E-state index contributed by atoms with van der Waals surface area (Å²) in [5, 5.41) is 2.93. The van der Waals surface area contributed by atoms with Crippen molar-refractivity contribution in [1.29, 1.82) is 0 Å². The molecule has 27 heavy (non-hydrogen) atoms. The fourth-order valence-corrected chi connectivity index (χ4v) is 2.83. The lowest BCUT2D eigenvalue weighted by molar-refractivity contribution is -0.116. The molecule has 0 fully saturated rings. The van der Waals surface area contributed by atoms with Crippen molar-refractivity contribution in [3.05, 3.63) is 90.0 Å². The maximum absolute atomic E-state index is 12.2. The summed E-state index contributed by atoms with van der Waals surface area (Å²) in [6, 6.07) is 25.3. The lowest BCUT2D eigenvalue weighted by Gasteiger charge is -2.10. The summed E-state index contributed by atoms with van der Waals surface area (Å²) < 4.78 is 5.81. The third kappa shape index (κ3) is 6.19. The molecule has 138 valence electrons. The van der Waals surface area contributed by atoms with E-state index in [1.165, 1.54) is 5.56 Å². The van der Waals surface area contributed by atoms with Gasteiger partial charge in [0.1, 0.15) is 5.75 Å². The smallest absolute Gasteiger partial charge is 0.224 e. The molecule has 0 aliphatic carbocycles. The molecule has 0 unspecified atom stereocenters. The highest BCUT2D eigenvalue weighted by Crippen LogP contribution is 2.18. The van der Waals surface area contributed by atoms with E-state index in [2.05, 4.69) is 17.4 Å². The minimum Gasteiger partial charge on any atom is -0.493 e. The van der Waals surface area contributed by atoms with Gasteiger partial charge in [-0.25, -0.2) is 0 Å². The number of nitrogens with one attached hydrogen (secondary N) is 1. The summed E-state index contributed by atoms with van der Waals surface area (Å²) in [6.45, 7) is 0.594. The summed E-state index contributed by atoms with van der Waals surface area (Å²) in [7, 11) is 0. The highest BCUT2D eigenvalue weighted by molar-refractivity contribution is 5.91. The average molecular weight is 360 g/mol. The van der Waals surface area contributed by atoms with Gasteiger partial charge in [-0.05, 0) is 41.8 Å². The van der Waals surface area contributed by atoms with Gasteiger partial charge in [0, 0.05) is 30.3 Å². The molecule has 1 amide bonds. The number of hydrogen-bond acceptors (Lipinski definition) is 3. The van der Waals surface area contributed by atoms with Crippen LogP contribution in [0.1, 0.15) is 17.5 Å². The first kappa shape index (κ1) is 18.5. The van der Waals surface area contributed by atoms with Crippen LogP contribution in [0.25, 0.3) is 0 Å². The van der Waals surface area contributed by atoms with Gasteiger partial charge in [0.2, 0.25) is 5.91 Å². The second-order valence-electron chi connectivity index (χ2n) is 6.41. The molecule has 0 saturated heterocycles. The van der Waals surface area contributed by atoms with Crippen molar-refractivity contribution in [3.63, 3.8) is 0 Å². The maximum atomic E-state index is 12.2. The number of amides is 1. The van der Waals surface area contributed by atoms with Crippen LogP contribution in [0.5, 0.6) is 5.75 Å². The van der Waals surface area contributed by atoms with Gasteiger partial charge in [-0.1, -0.05) is 48.5 Å². The zero-order valence-electron chi connectivity index (χ0n) is 15.2. The Balaban J connectivity index is 1.47. The van der Waals surface area contributed by atoms with Gasteiger partial charge >= 0.3 is 0 Å². The number of nitrogens with two attached hydrogens (primary N) is 1. The van der Waals surface area contributed by atoms with Crippen molar-refractivity contribution in [2.45, 2.75) is 19.3 Å². The van der Waals surface area contributed by atoms with E-state index in [1.54, 1.807) is 0 Å². The van der Waals surface area contributed by atoms with Crippen LogP contribution in [-0.4, -0.2) is 12.5 Å². The minimum atomic E-state index is -0.0288. The third-order valence-corrected chi connectivity index (χ3v) is 4.21. The van der Waals surface area contributed by atoms with Crippen LogP contribution in [0, 0.1) is 0 Å². The molecule has 0 atom stereocenters. The van der Waals surface area contributed by atoms with Crippen molar-refractivity contribution >= 4 is 17.3 Å². The summed E-state index contributed by atoms with van der Waals surface area (Å²) >= 11 is 0. The summed E-state index contributed by atoms with van der Waals surface area (Å²) in [5.41, 5.74) is 9.52. The van der Waals surface area contributed by atoms with E-state index in [1.807, 2.05) is 66.7 Å².